The number of rotatable bonds is 0. The molecule has 3 aromatic carbocycles. The summed E-state index contributed by atoms with van der Waals surface area (Å²) in [6.45, 7) is 0. The highest BCUT2D eigenvalue weighted by Crippen LogP contribution is 2.40. The molecule has 0 saturated carbocycles. The number of hydrogen-bond acceptors (Lipinski definition) is 2. The van der Waals surface area contributed by atoms with E-state index in [1.54, 1.807) is 0 Å². The smallest absolute Gasteiger partial charge is 0.0758 e. The maximum absolute atomic E-state index is 3.73. The molecule has 0 bridgehead atoms. The van der Waals surface area contributed by atoms with Gasteiger partial charge in [0.2, 0.25) is 0 Å². The highest BCUT2D eigenvalue weighted by molar-refractivity contribution is 5.93. The summed E-state index contributed by atoms with van der Waals surface area (Å²) >= 11 is 0. The van der Waals surface area contributed by atoms with Crippen molar-refractivity contribution in [1.82, 2.24) is 0 Å². The van der Waals surface area contributed by atoms with Gasteiger partial charge < -0.3 is 10.6 Å². The zero-order valence-electron chi connectivity index (χ0n) is 12.1. The normalized spacial score (nSPS) is 21.3. The molecule has 0 saturated heterocycles. The van der Waals surface area contributed by atoms with Crippen LogP contribution >= 0.6 is 0 Å². The van der Waals surface area contributed by atoms with E-state index in [4.69, 9.17) is 0 Å². The molecule has 0 aromatic heterocycles. The van der Waals surface area contributed by atoms with Crippen LogP contribution in [0.1, 0.15) is 17.2 Å². The van der Waals surface area contributed by atoms with E-state index in [0.717, 1.165) is 0 Å². The first-order valence-electron chi connectivity index (χ1n) is 7.71. The average Bonchev–Trinajstić information content (AvgIpc) is 2.58. The molecule has 0 fully saturated rings. The summed E-state index contributed by atoms with van der Waals surface area (Å²) in [5.41, 5.74) is 5.04. The highest BCUT2D eigenvalue weighted by atomic mass is 15.1. The summed E-state index contributed by atoms with van der Waals surface area (Å²) in [5, 5.41) is 9.96. The molecular weight excluding hydrogens is 268 g/mol. The fraction of sp³-hybridized carbons (Fsp3) is 0.100. The maximum atomic E-state index is 3.73. The third-order valence-electron chi connectivity index (χ3n) is 4.69. The second-order valence-electron chi connectivity index (χ2n) is 6.03. The van der Waals surface area contributed by atoms with Crippen LogP contribution in [0.15, 0.2) is 66.7 Å². The van der Waals surface area contributed by atoms with Gasteiger partial charge in [-0.1, -0.05) is 60.7 Å². The fourth-order valence-corrected chi connectivity index (χ4v) is 3.58. The maximum Gasteiger partial charge on any atom is 0.0758 e. The minimum Gasteiger partial charge on any atom is -0.375 e. The monoisotopic (exact) mass is 284 g/mol. The standard InChI is InChI=1S/C20H16N2/c1-2-7-15-12-19-18(11-14(15)6-1)21-17-10-9-13-5-3-4-8-16(13)20(17)22-19/h1-12,17,20-22H. The van der Waals surface area contributed by atoms with Crippen molar-refractivity contribution in [1.29, 1.82) is 0 Å². The Morgan fingerprint density at radius 3 is 2.23 bits per heavy atom. The molecule has 2 heteroatoms. The number of benzene rings is 3. The lowest BCUT2D eigenvalue weighted by atomic mass is 9.87. The van der Waals surface area contributed by atoms with Crippen molar-refractivity contribution in [3.8, 4) is 0 Å². The van der Waals surface area contributed by atoms with Crippen molar-refractivity contribution < 1.29 is 0 Å². The lowest BCUT2D eigenvalue weighted by molar-refractivity contribution is 0.693. The van der Waals surface area contributed by atoms with Crippen LogP contribution in [0.4, 0.5) is 11.4 Å². The van der Waals surface area contributed by atoms with Crippen LogP contribution in [-0.2, 0) is 0 Å². The molecule has 0 radical (unpaired) electrons. The van der Waals surface area contributed by atoms with Crippen molar-refractivity contribution in [2.45, 2.75) is 12.1 Å². The van der Waals surface area contributed by atoms with Crippen molar-refractivity contribution in [2.75, 3.05) is 10.6 Å². The van der Waals surface area contributed by atoms with Gasteiger partial charge in [-0.25, -0.2) is 0 Å². The topological polar surface area (TPSA) is 24.1 Å². The van der Waals surface area contributed by atoms with Crippen molar-refractivity contribution >= 4 is 28.2 Å². The molecular formula is C20H16N2. The summed E-state index contributed by atoms with van der Waals surface area (Å²) in [5.74, 6) is 0. The molecule has 2 nitrogen and oxygen atoms in total. The molecule has 1 aliphatic heterocycles. The van der Waals surface area contributed by atoms with Gasteiger partial charge in [0.05, 0.1) is 23.5 Å². The number of hydrogen-bond donors (Lipinski definition) is 2. The van der Waals surface area contributed by atoms with E-state index in [0.29, 0.717) is 6.04 Å². The first kappa shape index (κ1) is 11.9. The molecule has 2 atom stereocenters. The molecule has 3 aromatic rings. The third-order valence-corrected chi connectivity index (χ3v) is 4.69. The molecule has 0 spiro atoms. The van der Waals surface area contributed by atoms with Crippen LogP contribution in [0.25, 0.3) is 16.8 Å². The molecule has 2 unspecified atom stereocenters. The molecule has 22 heavy (non-hydrogen) atoms. The van der Waals surface area contributed by atoms with E-state index in [1.807, 2.05) is 0 Å². The zero-order chi connectivity index (χ0) is 14.5. The largest absolute Gasteiger partial charge is 0.375 e. The predicted octanol–water partition coefficient (Wildman–Crippen LogP) is 4.81. The molecule has 2 aliphatic rings. The van der Waals surface area contributed by atoms with E-state index in [1.165, 1.54) is 33.3 Å². The number of anilines is 2. The fourth-order valence-electron chi connectivity index (χ4n) is 3.58. The van der Waals surface area contributed by atoms with Gasteiger partial charge in [0.25, 0.3) is 0 Å². The minimum atomic E-state index is 0.287. The van der Waals surface area contributed by atoms with Crippen molar-refractivity contribution in [3.05, 3.63) is 77.9 Å². The number of fused-ring (bicyclic) bond motifs is 5. The van der Waals surface area contributed by atoms with E-state index in [2.05, 4.69) is 83.4 Å². The van der Waals surface area contributed by atoms with Crippen LogP contribution in [0.5, 0.6) is 0 Å². The highest BCUT2D eigenvalue weighted by Gasteiger charge is 2.30. The van der Waals surface area contributed by atoms with Crippen LogP contribution in [-0.4, -0.2) is 6.04 Å². The number of nitrogens with one attached hydrogen (secondary N) is 2. The van der Waals surface area contributed by atoms with Gasteiger partial charge in [0.15, 0.2) is 0 Å². The molecule has 5 rings (SSSR count). The van der Waals surface area contributed by atoms with E-state index < -0.39 is 0 Å². The summed E-state index contributed by atoms with van der Waals surface area (Å²) < 4.78 is 0. The quantitative estimate of drug-likeness (QED) is 0.619. The first-order valence-corrected chi connectivity index (χ1v) is 7.71. The summed E-state index contributed by atoms with van der Waals surface area (Å²) in [4.78, 5) is 0. The Morgan fingerprint density at radius 2 is 1.41 bits per heavy atom. The van der Waals surface area contributed by atoms with E-state index >= 15 is 0 Å². The van der Waals surface area contributed by atoms with Crippen LogP contribution in [0.3, 0.4) is 0 Å². The van der Waals surface area contributed by atoms with Gasteiger partial charge in [-0.15, -0.1) is 0 Å². The summed E-state index contributed by atoms with van der Waals surface area (Å²) in [6.07, 6.45) is 4.48. The van der Waals surface area contributed by atoms with Gasteiger partial charge in [0.1, 0.15) is 0 Å². The van der Waals surface area contributed by atoms with Crippen LogP contribution in [0.2, 0.25) is 0 Å². The molecule has 106 valence electrons. The van der Waals surface area contributed by atoms with Crippen molar-refractivity contribution in [2.24, 2.45) is 0 Å². The Labute approximate surface area is 129 Å². The van der Waals surface area contributed by atoms with E-state index in [9.17, 15) is 0 Å². The lowest BCUT2D eigenvalue weighted by Crippen LogP contribution is -2.37. The minimum absolute atomic E-state index is 0.287. The Bertz CT molecular complexity index is 910. The van der Waals surface area contributed by atoms with Gasteiger partial charge in [-0.3, -0.25) is 0 Å². The lowest BCUT2D eigenvalue weighted by Gasteiger charge is -2.38. The summed E-state index contributed by atoms with van der Waals surface area (Å²) in [7, 11) is 0. The third kappa shape index (κ3) is 1.67. The molecule has 1 heterocycles. The van der Waals surface area contributed by atoms with Gasteiger partial charge >= 0.3 is 0 Å². The Balaban J connectivity index is 1.65. The molecule has 0 amide bonds. The molecule has 2 N–H and O–H groups in total. The second-order valence-corrected chi connectivity index (χ2v) is 6.03. The van der Waals surface area contributed by atoms with Crippen LogP contribution in [0, 0.1) is 0 Å². The summed E-state index contributed by atoms with van der Waals surface area (Å²) in [6, 6.07) is 22.2. The van der Waals surface area contributed by atoms with Gasteiger partial charge in [-0.2, -0.15) is 0 Å². The average molecular weight is 284 g/mol. The Morgan fingerprint density at radius 1 is 0.727 bits per heavy atom. The Kier molecular flexibility index (Phi) is 2.36. The van der Waals surface area contributed by atoms with Gasteiger partial charge in [-0.05, 0) is 34.0 Å². The van der Waals surface area contributed by atoms with Gasteiger partial charge in [0, 0.05) is 0 Å². The molecule has 1 aliphatic carbocycles. The SMILES string of the molecule is C1=CC2Nc3cc4ccccc4cc3NC2c2ccccc21. The zero-order valence-corrected chi connectivity index (χ0v) is 12.1. The first-order chi connectivity index (χ1) is 10.9. The van der Waals surface area contributed by atoms with E-state index in [-0.39, 0.29) is 6.04 Å². The predicted molar refractivity (Wildman–Crippen MR) is 93.2 cm³/mol. The second kappa shape index (κ2) is 4.38. The Hall–Kier alpha value is -2.74. The van der Waals surface area contributed by atoms with Crippen LogP contribution < -0.4 is 10.6 Å². The van der Waals surface area contributed by atoms with Crippen molar-refractivity contribution in [3.63, 3.8) is 0 Å².